The summed E-state index contributed by atoms with van der Waals surface area (Å²) in [5.41, 5.74) is 1.37. The van der Waals surface area contributed by atoms with Crippen molar-refractivity contribution in [3.05, 3.63) is 36.0 Å². The summed E-state index contributed by atoms with van der Waals surface area (Å²) < 4.78 is 10.3. The highest BCUT2D eigenvalue weighted by molar-refractivity contribution is 5.95. The summed E-state index contributed by atoms with van der Waals surface area (Å²) in [5, 5.41) is 3.49. The minimum absolute atomic E-state index is 0.180. The minimum Gasteiger partial charge on any atom is -0.465 e. The fraction of sp³-hybridized carbons (Fsp3) is 0.389. The van der Waals surface area contributed by atoms with Crippen LogP contribution < -0.4 is 5.32 Å². The number of hydrogen-bond donors (Lipinski definition) is 2. The number of ether oxygens (including phenoxy) is 2. The van der Waals surface area contributed by atoms with Crippen molar-refractivity contribution in [2.75, 3.05) is 6.61 Å². The molecular formula is C18H22N2O5. The van der Waals surface area contributed by atoms with E-state index in [1.54, 1.807) is 19.9 Å². The summed E-state index contributed by atoms with van der Waals surface area (Å²) in [6, 6.07) is 9.31. The van der Waals surface area contributed by atoms with Crippen LogP contribution in [0.15, 0.2) is 30.3 Å². The van der Waals surface area contributed by atoms with Crippen LogP contribution in [-0.2, 0) is 23.9 Å². The lowest BCUT2D eigenvalue weighted by atomic mass is 10.1. The first-order valence-corrected chi connectivity index (χ1v) is 8.18. The molecule has 7 heteroatoms. The maximum absolute atomic E-state index is 12.4. The fourth-order valence-corrected chi connectivity index (χ4v) is 2.46. The van der Waals surface area contributed by atoms with Crippen molar-refractivity contribution in [3.8, 4) is 0 Å². The molecule has 25 heavy (non-hydrogen) atoms. The first kappa shape index (κ1) is 18.5. The summed E-state index contributed by atoms with van der Waals surface area (Å²) in [5.74, 6) is -2.76. The summed E-state index contributed by atoms with van der Waals surface area (Å²) in [7, 11) is 0. The molecule has 1 amide bonds. The molecule has 2 rings (SSSR count). The Morgan fingerprint density at radius 1 is 1.16 bits per heavy atom. The lowest BCUT2D eigenvalue weighted by Crippen LogP contribution is -2.34. The van der Waals surface area contributed by atoms with Crippen LogP contribution >= 0.6 is 0 Å². The molecule has 0 radical (unpaired) electrons. The third kappa shape index (κ3) is 4.59. The van der Waals surface area contributed by atoms with E-state index >= 15 is 0 Å². The van der Waals surface area contributed by atoms with E-state index in [9.17, 15) is 14.4 Å². The number of carbonyl (C=O) groups is 3. The molecule has 7 nitrogen and oxygen atoms in total. The molecular weight excluding hydrogens is 324 g/mol. The van der Waals surface area contributed by atoms with Crippen LogP contribution in [0.5, 0.6) is 0 Å². The maximum Gasteiger partial charge on any atom is 0.322 e. The van der Waals surface area contributed by atoms with Crippen LogP contribution in [-0.4, -0.2) is 29.4 Å². The van der Waals surface area contributed by atoms with Gasteiger partial charge >= 0.3 is 11.9 Å². The summed E-state index contributed by atoms with van der Waals surface area (Å²) >= 11 is 0. The van der Waals surface area contributed by atoms with E-state index in [0.29, 0.717) is 5.69 Å². The third-order valence-corrected chi connectivity index (χ3v) is 3.67. The largest absolute Gasteiger partial charge is 0.465 e. The zero-order valence-corrected chi connectivity index (χ0v) is 14.5. The van der Waals surface area contributed by atoms with E-state index in [-0.39, 0.29) is 18.9 Å². The summed E-state index contributed by atoms with van der Waals surface area (Å²) in [6.45, 7) is 4.87. The van der Waals surface area contributed by atoms with Crippen molar-refractivity contribution < 1.29 is 23.9 Å². The highest BCUT2D eigenvalue weighted by Crippen LogP contribution is 2.22. The zero-order chi connectivity index (χ0) is 18.4. The number of amides is 1. The molecule has 1 aromatic carbocycles. The van der Waals surface area contributed by atoms with Gasteiger partial charge in [0.15, 0.2) is 5.92 Å². The van der Waals surface area contributed by atoms with Gasteiger partial charge in [0, 0.05) is 12.4 Å². The summed E-state index contributed by atoms with van der Waals surface area (Å²) in [4.78, 5) is 38.9. The zero-order valence-electron chi connectivity index (χ0n) is 14.5. The van der Waals surface area contributed by atoms with E-state index in [4.69, 9.17) is 9.47 Å². The van der Waals surface area contributed by atoms with Gasteiger partial charge in [-0.1, -0.05) is 25.1 Å². The molecule has 0 aliphatic carbocycles. The van der Waals surface area contributed by atoms with Crippen molar-refractivity contribution in [2.24, 2.45) is 5.92 Å². The molecule has 0 saturated carbocycles. The first-order chi connectivity index (χ1) is 12.0. The van der Waals surface area contributed by atoms with Gasteiger partial charge in [-0.05, 0) is 30.9 Å². The van der Waals surface area contributed by atoms with Crippen LogP contribution in [0.2, 0.25) is 0 Å². The molecule has 2 unspecified atom stereocenters. The number of esters is 2. The number of carbonyl (C=O) groups excluding carboxylic acids is 3. The van der Waals surface area contributed by atoms with Crippen LogP contribution in [0.4, 0.5) is 0 Å². The minimum atomic E-state index is -1.03. The standard InChI is InChI=1S/C18H22N2O5/c1-4-13(17(22)24-5-2)18(23)25-16(19-11(3)21)15-10-12-8-6-7-9-14(12)20-15/h6-10,13,16,20H,4-5H2,1-3H3,(H,19,21). The number of aromatic amines is 1. The molecule has 2 atom stereocenters. The highest BCUT2D eigenvalue weighted by atomic mass is 16.6. The predicted molar refractivity (Wildman–Crippen MR) is 91.4 cm³/mol. The van der Waals surface area contributed by atoms with Crippen LogP contribution in [0.1, 0.15) is 39.1 Å². The normalized spacial score (nSPS) is 13.1. The van der Waals surface area contributed by atoms with E-state index in [0.717, 1.165) is 10.9 Å². The van der Waals surface area contributed by atoms with Gasteiger partial charge in [-0.2, -0.15) is 0 Å². The number of benzene rings is 1. The molecule has 0 aliphatic rings. The highest BCUT2D eigenvalue weighted by Gasteiger charge is 2.31. The third-order valence-electron chi connectivity index (χ3n) is 3.67. The van der Waals surface area contributed by atoms with Gasteiger partial charge in [0.05, 0.1) is 12.3 Å². The topological polar surface area (TPSA) is 97.5 Å². The number of rotatable bonds is 7. The quantitative estimate of drug-likeness (QED) is 0.456. The molecule has 0 spiro atoms. The van der Waals surface area contributed by atoms with Gasteiger partial charge < -0.3 is 19.8 Å². The van der Waals surface area contributed by atoms with Gasteiger partial charge in [-0.15, -0.1) is 0 Å². The first-order valence-electron chi connectivity index (χ1n) is 8.18. The van der Waals surface area contributed by atoms with Gasteiger partial charge in [0.2, 0.25) is 12.1 Å². The molecule has 0 aliphatic heterocycles. The fourth-order valence-electron chi connectivity index (χ4n) is 2.46. The number of nitrogens with one attached hydrogen (secondary N) is 2. The van der Waals surface area contributed by atoms with E-state index in [1.807, 2.05) is 24.3 Å². The molecule has 2 aromatic rings. The Morgan fingerprint density at radius 2 is 1.88 bits per heavy atom. The smallest absolute Gasteiger partial charge is 0.322 e. The predicted octanol–water partition coefficient (Wildman–Crippen LogP) is 2.44. The second-order valence-corrected chi connectivity index (χ2v) is 5.54. The van der Waals surface area contributed by atoms with E-state index < -0.39 is 24.1 Å². The number of aromatic nitrogens is 1. The van der Waals surface area contributed by atoms with Crippen LogP contribution in [0.3, 0.4) is 0 Å². The average Bonchev–Trinajstić information content (AvgIpc) is 2.98. The number of hydrogen-bond acceptors (Lipinski definition) is 5. The Hall–Kier alpha value is -2.83. The van der Waals surface area contributed by atoms with Gasteiger partial charge in [-0.25, -0.2) is 0 Å². The second-order valence-electron chi connectivity index (χ2n) is 5.54. The Bertz CT molecular complexity index is 735. The molecule has 2 N–H and O–H groups in total. The lowest BCUT2D eigenvalue weighted by Gasteiger charge is -2.20. The van der Waals surface area contributed by atoms with E-state index in [1.165, 1.54) is 6.92 Å². The average molecular weight is 346 g/mol. The molecule has 0 bridgehead atoms. The van der Waals surface area contributed by atoms with E-state index in [2.05, 4.69) is 10.3 Å². The van der Waals surface area contributed by atoms with Crippen molar-refractivity contribution in [1.82, 2.24) is 10.3 Å². The lowest BCUT2D eigenvalue weighted by molar-refractivity contribution is -0.167. The van der Waals surface area contributed by atoms with Crippen LogP contribution in [0.25, 0.3) is 10.9 Å². The SMILES string of the molecule is CCOC(=O)C(CC)C(=O)OC(NC(C)=O)c1cc2ccccc2[nH]1. The summed E-state index contributed by atoms with van der Waals surface area (Å²) in [6.07, 6.45) is -0.766. The Kier molecular flexibility index (Phi) is 6.16. The molecule has 134 valence electrons. The Labute approximate surface area is 145 Å². The molecule has 1 aromatic heterocycles. The molecule has 1 heterocycles. The maximum atomic E-state index is 12.4. The van der Waals surface area contributed by atoms with Crippen molar-refractivity contribution in [2.45, 2.75) is 33.4 Å². The number of H-pyrrole nitrogens is 1. The number of fused-ring (bicyclic) bond motifs is 1. The Morgan fingerprint density at radius 3 is 2.48 bits per heavy atom. The van der Waals surface area contributed by atoms with Crippen molar-refractivity contribution >= 4 is 28.7 Å². The Balaban J connectivity index is 2.23. The molecule has 0 saturated heterocycles. The van der Waals surface area contributed by atoms with Gasteiger partial charge in [0.1, 0.15) is 0 Å². The molecule has 0 fully saturated rings. The van der Waals surface area contributed by atoms with Crippen molar-refractivity contribution in [1.29, 1.82) is 0 Å². The second kappa shape index (κ2) is 8.32. The van der Waals surface area contributed by atoms with Gasteiger partial charge in [0.25, 0.3) is 0 Å². The van der Waals surface area contributed by atoms with Crippen molar-refractivity contribution in [3.63, 3.8) is 0 Å². The number of para-hydroxylation sites is 1. The monoisotopic (exact) mass is 346 g/mol. The van der Waals surface area contributed by atoms with Gasteiger partial charge in [-0.3, -0.25) is 14.4 Å². The van der Waals surface area contributed by atoms with Crippen LogP contribution in [0, 0.1) is 5.92 Å².